The van der Waals surface area contributed by atoms with Crippen LogP contribution in [0.2, 0.25) is 5.02 Å². The van der Waals surface area contributed by atoms with Gasteiger partial charge in [-0.25, -0.2) is 4.79 Å². The lowest BCUT2D eigenvalue weighted by Gasteiger charge is -2.03. The monoisotopic (exact) mass is 301 g/mol. The maximum atomic E-state index is 12.0. The first-order chi connectivity index (χ1) is 10.1. The van der Waals surface area contributed by atoms with Crippen molar-refractivity contribution < 1.29 is 9.34 Å². The van der Waals surface area contributed by atoms with Gasteiger partial charge in [-0.2, -0.15) is 0 Å². The highest BCUT2D eigenvalue weighted by molar-refractivity contribution is 6.30. The highest BCUT2D eigenvalue weighted by Gasteiger charge is 2.16. The van der Waals surface area contributed by atoms with Gasteiger partial charge in [-0.1, -0.05) is 17.7 Å². The molecule has 3 aromatic rings. The Balaban J connectivity index is 2.31. The normalized spacial score (nSPS) is 10.7. The molecule has 0 aliphatic heterocycles. The standard InChI is InChI=1S/C15H8ClNO4/c16-10-6-4-9(5-7-10)14-8-12-11(15(18)21-14)2-1-3-13(12)17(19)20/h1-8H. The Morgan fingerprint density at radius 1 is 1.05 bits per heavy atom. The minimum absolute atomic E-state index is 0.129. The largest absolute Gasteiger partial charge is 0.422 e. The molecule has 0 saturated heterocycles. The van der Waals surface area contributed by atoms with Crippen molar-refractivity contribution in [2.45, 2.75) is 0 Å². The average Bonchev–Trinajstić information content (AvgIpc) is 2.47. The molecule has 0 N–H and O–H groups in total. The summed E-state index contributed by atoms with van der Waals surface area (Å²) < 4.78 is 5.23. The Hall–Kier alpha value is -2.66. The molecule has 0 amide bonds. The van der Waals surface area contributed by atoms with Gasteiger partial charge in [0.25, 0.3) is 5.69 Å². The second-order valence-electron chi connectivity index (χ2n) is 4.40. The summed E-state index contributed by atoms with van der Waals surface area (Å²) in [6, 6.07) is 12.5. The Bertz CT molecular complexity index is 900. The number of halogens is 1. The molecule has 0 radical (unpaired) electrons. The van der Waals surface area contributed by atoms with E-state index in [1.165, 1.54) is 24.3 Å². The van der Waals surface area contributed by atoms with E-state index in [2.05, 4.69) is 0 Å². The van der Waals surface area contributed by atoms with E-state index in [0.717, 1.165) is 0 Å². The lowest BCUT2D eigenvalue weighted by Crippen LogP contribution is -2.02. The fourth-order valence-electron chi connectivity index (χ4n) is 2.11. The summed E-state index contributed by atoms with van der Waals surface area (Å²) in [5, 5.41) is 12.1. The molecule has 0 aliphatic rings. The summed E-state index contributed by atoms with van der Waals surface area (Å²) >= 11 is 5.81. The number of hydrogen-bond acceptors (Lipinski definition) is 4. The molecular weight excluding hydrogens is 294 g/mol. The molecule has 3 rings (SSSR count). The molecule has 5 nitrogen and oxygen atoms in total. The number of nitro benzene ring substituents is 1. The van der Waals surface area contributed by atoms with Gasteiger partial charge in [-0.05, 0) is 36.4 Å². The molecule has 0 atom stereocenters. The van der Waals surface area contributed by atoms with Crippen molar-refractivity contribution >= 4 is 28.1 Å². The van der Waals surface area contributed by atoms with Crippen LogP contribution in [0.15, 0.2) is 57.7 Å². The van der Waals surface area contributed by atoms with Crippen molar-refractivity contribution in [3.8, 4) is 11.3 Å². The van der Waals surface area contributed by atoms with E-state index in [0.29, 0.717) is 10.6 Å². The minimum Gasteiger partial charge on any atom is -0.422 e. The first-order valence-corrected chi connectivity index (χ1v) is 6.41. The van der Waals surface area contributed by atoms with E-state index in [9.17, 15) is 14.9 Å². The van der Waals surface area contributed by atoms with Gasteiger partial charge in [0.1, 0.15) is 5.76 Å². The first-order valence-electron chi connectivity index (χ1n) is 6.03. The van der Waals surface area contributed by atoms with Crippen LogP contribution in [0.1, 0.15) is 0 Å². The van der Waals surface area contributed by atoms with E-state index >= 15 is 0 Å². The number of fused-ring (bicyclic) bond motifs is 1. The Morgan fingerprint density at radius 3 is 2.43 bits per heavy atom. The van der Waals surface area contributed by atoms with Gasteiger partial charge in [0.05, 0.1) is 15.7 Å². The summed E-state index contributed by atoms with van der Waals surface area (Å²) in [4.78, 5) is 22.6. The average molecular weight is 302 g/mol. The third-order valence-corrected chi connectivity index (χ3v) is 3.36. The third kappa shape index (κ3) is 2.39. The molecule has 0 spiro atoms. The summed E-state index contributed by atoms with van der Waals surface area (Å²) in [5.74, 6) is 0.262. The summed E-state index contributed by atoms with van der Waals surface area (Å²) in [5.41, 5.74) is -0.117. The van der Waals surface area contributed by atoms with E-state index in [4.69, 9.17) is 16.0 Å². The van der Waals surface area contributed by atoms with Crippen molar-refractivity contribution in [3.05, 3.63) is 74.1 Å². The number of benzene rings is 2. The summed E-state index contributed by atoms with van der Waals surface area (Å²) in [6.45, 7) is 0. The van der Waals surface area contributed by atoms with Crippen LogP contribution < -0.4 is 5.63 Å². The lowest BCUT2D eigenvalue weighted by atomic mass is 10.1. The molecule has 1 aromatic heterocycles. The molecule has 0 fully saturated rings. The van der Waals surface area contributed by atoms with Crippen LogP contribution >= 0.6 is 11.6 Å². The Labute approximate surface area is 123 Å². The smallest absolute Gasteiger partial charge is 0.344 e. The van der Waals surface area contributed by atoms with Crippen molar-refractivity contribution in [3.63, 3.8) is 0 Å². The van der Waals surface area contributed by atoms with Crippen LogP contribution in [0, 0.1) is 10.1 Å². The number of rotatable bonds is 2. The number of nitro groups is 1. The maximum absolute atomic E-state index is 12.0. The van der Waals surface area contributed by atoms with Gasteiger partial charge in [-0.3, -0.25) is 10.1 Å². The minimum atomic E-state index is -0.610. The van der Waals surface area contributed by atoms with Crippen molar-refractivity contribution in [1.82, 2.24) is 0 Å². The molecule has 6 heteroatoms. The molecule has 0 bridgehead atoms. The SMILES string of the molecule is O=c1oc(-c2ccc(Cl)cc2)cc2c([N+](=O)[O-])cccc12. The van der Waals surface area contributed by atoms with Gasteiger partial charge in [0, 0.05) is 16.7 Å². The van der Waals surface area contributed by atoms with E-state index < -0.39 is 10.5 Å². The zero-order valence-electron chi connectivity index (χ0n) is 10.6. The topological polar surface area (TPSA) is 73.3 Å². The van der Waals surface area contributed by atoms with Gasteiger partial charge in [0.2, 0.25) is 0 Å². The molecule has 104 valence electrons. The molecule has 21 heavy (non-hydrogen) atoms. The highest BCUT2D eigenvalue weighted by atomic mass is 35.5. The molecular formula is C15H8ClNO4. The van der Waals surface area contributed by atoms with Crippen LogP contribution in [0.3, 0.4) is 0 Å². The quantitative estimate of drug-likeness (QED) is 0.529. The van der Waals surface area contributed by atoms with E-state index in [1.54, 1.807) is 24.3 Å². The second-order valence-corrected chi connectivity index (χ2v) is 4.84. The molecule has 0 saturated carbocycles. The number of hydrogen-bond donors (Lipinski definition) is 0. The highest BCUT2D eigenvalue weighted by Crippen LogP contribution is 2.28. The van der Waals surface area contributed by atoms with Gasteiger partial charge in [-0.15, -0.1) is 0 Å². The van der Waals surface area contributed by atoms with Crippen molar-refractivity contribution in [2.75, 3.05) is 0 Å². The lowest BCUT2D eigenvalue weighted by molar-refractivity contribution is -0.383. The zero-order chi connectivity index (χ0) is 15.0. The third-order valence-electron chi connectivity index (χ3n) is 3.11. The van der Waals surface area contributed by atoms with Crippen LogP contribution in [0.4, 0.5) is 5.69 Å². The fourth-order valence-corrected chi connectivity index (χ4v) is 2.24. The van der Waals surface area contributed by atoms with Crippen LogP contribution in [-0.2, 0) is 0 Å². The van der Waals surface area contributed by atoms with Crippen molar-refractivity contribution in [1.29, 1.82) is 0 Å². The Morgan fingerprint density at radius 2 is 1.76 bits per heavy atom. The van der Waals surface area contributed by atoms with Crippen LogP contribution in [0.25, 0.3) is 22.1 Å². The summed E-state index contributed by atoms with van der Waals surface area (Å²) in [6.07, 6.45) is 0. The maximum Gasteiger partial charge on any atom is 0.344 e. The molecule has 1 heterocycles. The van der Waals surface area contributed by atoms with Crippen LogP contribution in [-0.4, -0.2) is 4.92 Å². The number of non-ortho nitro benzene ring substituents is 1. The van der Waals surface area contributed by atoms with Gasteiger partial charge in [0.15, 0.2) is 0 Å². The fraction of sp³-hybridized carbons (Fsp3) is 0. The van der Waals surface area contributed by atoms with Gasteiger partial charge >= 0.3 is 5.63 Å². The van der Waals surface area contributed by atoms with Crippen LogP contribution in [0.5, 0.6) is 0 Å². The first kappa shape index (κ1) is 13.3. The van der Waals surface area contributed by atoms with E-state index in [1.807, 2.05) is 0 Å². The Kier molecular flexibility index (Phi) is 3.19. The zero-order valence-corrected chi connectivity index (χ0v) is 11.3. The molecule has 0 aliphatic carbocycles. The van der Waals surface area contributed by atoms with E-state index in [-0.39, 0.29) is 22.2 Å². The number of nitrogens with zero attached hydrogens (tertiary/aromatic N) is 1. The predicted octanol–water partition coefficient (Wildman–Crippen LogP) is 4.02. The molecule has 0 unspecified atom stereocenters. The predicted molar refractivity (Wildman–Crippen MR) is 79.6 cm³/mol. The second kappa shape index (κ2) is 5.03. The van der Waals surface area contributed by atoms with Crippen molar-refractivity contribution in [2.24, 2.45) is 0 Å². The summed E-state index contributed by atoms with van der Waals surface area (Å²) in [7, 11) is 0. The molecule has 2 aromatic carbocycles. The van der Waals surface area contributed by atoms with Gasteiger partial charge < -0.3 is 4.42 Å².